The minimum absolute atomic E-state index is 0.266. The van der Waals surface area contributed by atoms with Crippen LogP contribution < -0.4 is 24.6 Å². The molecule has 0 radical (unpaired) electrons. The average molecular weight is 707 g/mol. The summed E-state index contributed by atoms with van der Waals surface area (Å²) in [6.07, 6.45) is 8.19. The first-order valence-corrected chi connectivity index (χ1v) is 18.6. The summed E-state index contributed by atoms with van der Waals surface area (Å²) >= 11 is 6.60. The summed E-state index contributed by atoms with van der Waals surface area (Å²) in [6.45, 7) is 8.69. The fourth-order valence-electron chi connectivity index (χ4n) is 6.86. The van der Waals surface area contributed by atoms with Gasteiger partial charge in [0.1, 0.15) is 22.0 Å². The van der Waals surface area contributed by atoms with Crippen molar-refractivity contribution in [2.45, 2.75) is 43.9 Å². The van der Waals surface area contributed by atoms with Crippen molar-refractivity contribution in [1.29, 1.82) is 0 Å². The van der Waals surface area contributed by atoms with Crippen LogP contribution in [-0.2, 0) is 10.0 Å². The molecule has 1 saturated carbocycles. The molecule has 260 valence electrons. The summed E-state index contributed by atoms with van der Waals surface area (Å²) in [5.41, 5.74) is 4.88. The van der Waals surface area contributed by atoms with Gasteiger partial charge in [0.2, 0.25) is 16.0 Å². The molecular weight excluding hydrogens is 664 g/mol. The number of hydrogen-bond donors (Lipinski definition) is 2. The molecule has 4 aromatic rings. The molecule has 3 fully saturated rings. The third kappa shape index (κ3) is 6.91. The molecule has 0 bridgehead atoms. The lowest BCUT2D eigenvalue weighted by molar-refractivity contribution is 0.0982. The van der Waals surface area contributed by atoms with Gasteiger partial charge in [0.25, 0.3) is 0 Å². The zero-order chi connectivity index (χ0) is 34.3. The Morgan fingerprint density at radius 3 is 2.39 bits per heavy atom. The number of likely N-dealkylation sites (N-methyl/N-ethyl adjacent to an activating group) is 1. The van der Waals surface area contributed by atoms with Crippen LogP contribution in [0.1, 0.15) is 31.2 Å². The molecule has 2 aromatic carbocycles. The van der Waals surface area contributed by atoms with Gasteiger partial charge in [-0.3, -0.25) is 19.2 Å². The highest BCUT2D eigenvalue weighted by Crippen LogP contribution is 2.41. The molecule has 2 saturated heterocycles. The van der Waals surface area contributed by atoms with E-state index in [1.807, 2.05) is 0 Å². The Labute approximate surface area is 292 Å². The summed E-state index contributed by atoms with van der Waals surface area (Å²) in [7, 11) is 1.81. The maximum Gasteiger partial charge on any atom is 0.237 e. The summed E-state index contributed by atoms with van der Waals surface area (Å²) < 4.78 is 33.8. The van der Waals surface area contributed by atoms with E-state index in [0.29, 0.717) is 58.8 Å². The zero-order valence-electron chi connectivity index (χ0n) is 28.4. The molecule has 3 aliphatic rings. The van der Waals surface area contributed by atoms with Crippen molar-refractivity contribution in [3.63, 3.8) is 0 Å². The minimum Gasteiger partial charge on any atom is -0.494 e. The quantitative estimate of drug-likeness (QED) is 0.230. The van der Waals surface area contributed by atoms with Gasteiger partial charge in [-0.2, -0.15) is 4.98 Å². The van der Waals surface area contributed by atoms with E-state index in [-0.39, 0.29) is 5.02 Å². The number of rotatable bonds is 10. The SMILES string of the molecule is COc1cc(N2CCC(N3CCN(C)CC3)CC2)c(C)cc1Nc1ncc(Cl)c(Nc2ccc3nccnc3c2N(C)S(=O)(=O)C2CC2)n1. The van der Waals surface area contributed by atoms with Crippen LogP contribution in [-0.4, -0.2) is 110 Å². The predicted octanol–water partition coefficient (Wildman–Crippen LogP) is 5.02. The van der Waals surface area contributed by atoms with Gasteiger partial charge in [0.05, 0.1) is 35.4 Å². The maximum atomic E-state index is 13.3. The lowest BCUT2D eigenvalue weighted by Gasteiger charge is -2.43. The highest BCUT2D eigenvalue weighted by molar-refractivity contribution is 7.93. The standard InChI is InChI=1S/C34H43ClN10O3S/c1-22-19-28(30(48-4)20-29(22)45-13-9-23(10-14-45)44-17-15-42(2)16-18-44)40-34-38-21-25(35)33(41-34)39-27-8-7-26-31(37-12-11-36-26)32(27)43(3)49(46,47)24-5-6-24/h7-8,11-12,19-21,23-24H,5-6,9-10,13-18H2,1-4H3,(H2,38,39,40,41). The summed E-state index contributed by atoms with van der Waals surface area (Å²) in [4.78, 5) is 25.5. The van der Waals surface area contributed by atoms with Crippen LogP contribution in [0.25, 0.3) is 11.0 Å². The van der Waals surface area contributed by atoms with E-state index in [0.717, 1.165) is 69.0 Å². The van der Waals surface area contributed by atoms with Gasteiger partial charge in [-0.15, -0.1) is 0 Å². The molecule has 13 nitrogen and oxygen atoms in total. The van der Waals surface area contributed by atoms with Crippen molar-refractivity contribution < 1.29 is 13.2 Å². The highest BCUT2D eigenvalue weighted by atomic mass is 35.5. The van der Waals surface area contributed by atoms with Gasteiger partial charge in [0, 0.05) is 76.5 Å². The van der Waals surface area contributed by atoms with Crippen molar-refractivity contribution in [3.8, 4) is 5.75 Å². The highest BCUT2D eigenvalue weighted by Gasteiger charge is 2.40. The number of anilines is 6. The van der Waals surface area contributed by atoms with Crippen LogP contribution in [0.5, 0.6) is 5.75 Å². The first kappa shape index (κ1) is 33.5. The van der Waals surface area contributed by atoms with Crippen molar-refractivity contribution in [1.82, 2.24) is 29.7 Å². The number of sulfonamides is 1. The Morgan fingerprint density at radius 1 is 0.939 bits per heavy atom. The minimum atomic E-state index is -3.59. The molecule has 1 aliphatic carbocycles. The first-order chi connectivity index (χ1) is 23.6. The number of hydrogen-bond acceptors (Lipinski definition) is 12. The normalized spacial score (nSPS) is 18.1. The van der Waals surface area contributed by atoms with E-state index in [4.69, 9.17) is 16.3 Å². The van der Waals surface area contributed by atoms with Crippen LogP contribution >= 0.6 is 11.6 Å². The number of aryl methyl sites for hydroxylation is 1. The second kappa shape index (κ2) is 13.7. The Morgan fingerprint density at radius 2 is 1.67 bits per heavy atom. The maximum absolute atomic E-state index is 13.3. The van der Waals surface area contributed by atoms with Crippen molar-refractivity contribution >= 4 is 67.2 Å². The van der Waals surface area contributed by atoms with Crippen LogP contribution in [0, 0.1) is 6.92 Å². The second-order valence-corrected chi connectivity index (χ2v) is 15.8. The Balaban J connectivity index is 1.11. The number of piperazine rings is 1. The molecule has 4 heterocycles. The van der Waals surface area contributed by atoms with Crippen molar-refractivity contribution in [3.05, 3.63) is 53.4 Å². The van der Waals surface area contributed by atoms with Crippen LogP contribution in [0.3, 0.4) is 0 Å². The van der Waals surface area contributed by atoms with E-state index < -0.39 is 15.3 Å². The number of fused-ring (bicyclic) bond motifs is 1. The number of methoxy groups -OCH3 is 1. The number of nitrogens with zero attached hydrogens (tertiary/aromatic N) is 8. The molecule has 0 spiro atoms. The summed E-state index contributed by atoms with van der Waals surface area (Å²) in [5.74, 6) is 1.28. The zero-order valence-corrected chi connectivity index (χ0v) is 29.9. The van der Waals surface area contributed by atoms with Crippen LogP contribution in [0.15, 0.2) is 42.9 Å². The second-order valence-electron chi connectivity index (χ2n) is 13.1. The van der Waals surface area contributed by atoms with Gasteiger partial charge in [-0.05, 0) is 63.4 Å². The van der Waals surface area contributed by atoms with Crippen LogP contribution in [0.4, 0.5) is 34.5 Å². The summed E-state index contributed by atoms with van der Waals surface area (Å²) in [6, 6.07) is 8.32. The summed E-state index contributed by atoms with van der Waals surface area (Å²) in [5, 5.41) is 6.42. The number of benzene rings is 2. The molecule has 15 heteroatoms. The molecule has 0 unspecified atom stereocenters. The van der Waals surface area contributed by atoms with Crippen molar-refractivity contribution in [2.24, 2.45) is 0 Å². The van der Waals surface area contributed by atoms with E-state index in [2.05, 4.69) is 71.4 Å². The predicted molar refractivity (Wildman–Crippen MR) is 196 cm³/mol. The molecular formula is C34H43ClN10O3S. The lowest BCUT2D eigenvalue weighted by atomic mass is 10.0. The number of ether oxygens (including phenoxy) is 1. The van der Waals surface area contributed by atoms with E-state index in [9.17, 15) is 8.42 Å². The average Bonchev–Trinajstić information content (AvgIpc) is 3.97. The fourth-order valence-corrected chi connectivity index (χ4v) is 8.62. The molecule has 49 heavy (non-hydrogen) atoms. The topological polar surface area (TPSA) is 132 Å². The number of aromatic nitrogens is 4. The largest absolute Gasteiger partial charge is 0.494 e. The fraction of sp³-hybridized carbons (Fsp3) is 0.471. The Hall–Kier alpha value is -3.98. The monoisotopic (exact) mass is 706 g/mol. The first-order valence-electron chi connectivity index (χ1n) is 16.8. The van der Waals surface area contributed by atoms with Crippen LogP contribution in [0.2, 0.25) is 5.02 Å². The molecule has 7 rings (SSSR count). The smallest absolute Gasteiger partial charge is 0.237 e. The van der Waals surface area contributed by atoms with Gasteiger partial charge in [0.15, 0.2) is 5.82 Å². The third-order valence-corrected chi connectivity index (χ3v) is 12.4. The molecule has 2 N–H and O–H groups in total. The Bertz CT molecular complexity index is 1940. The van der Waals surface area contributed by atoms with Crippen molar-refractivity contribution in [2.75, 3.05) is 80.3 Å². The van der Waals surface area contributed by atoms with E-state index in [1.54, 1.807) is 38.7 Å². The van der Waals surface area contributed by atoms with Gasteiger partial charge < -0.3 is 25.2 Å². The molecule has 0 amide bonds. The molecule has 2 aromatic heterocycles. The van der Waals surface area contributed by atoms with E-state index >= 15 is 0 Å². The third-order valence-electron chi connectivity index (χ3n) is 9.88. The number of halogens is 1. The van der Waals surface area contributed by atoms with Gasteiger partial charge in [-0.25, -0.2) is 13.4 Å². The number of piperidine rings is 1. The Kier molecular flexibility index (Phi) is 9.39. The number of nitrogens with one attached hydrogen (secondary N) is 2. The van der Waals surface area contributed by atoms with E-state index in [1.165, 1.54) is 10.5 Å². The molecule has 0 atom stereocenters. The lowest BCUT2D eigenvalue weighted by Crippen LogP contribution is -2.52. The van der Waals surface area contributed by atoms with Gasteiger partial charge in [-0.1, -0.05) is 11.6 Å². The van der Waals surface area contributed by atoms with Gasteiger partial charge >= 0.3 is 0 Å². The molecule has 2 aliphatic heterocycles.